The minimum Gasteiger partial charge on any atom is -0.356 e. The predicted octanol–water partition coefficient (Wildman–Crippen LogP) is 5.05. The molecule has 0 spiro atoms. The van der Waals surface area contributed by atoms with Gasteiger partial charge in [-0.25, -0.2) is 8.42 Å². The third kappa shape index (κ3) is 5.99. The molecule has 0 aliphatic heterocycles. The van der Waals surface area contributed by atoms with E-state index in [-0.39, 0.29) is 0 Å². The minimum absolute atomic E-state index is 0.305. The van der Waals surface area contributed by atoms with Crippen LogP contribution in [0.1, 0.15) is 58.4 Å². The molecular formula is C20H29NO3S. The lowest BCUT2D eigenvalue weighted by molar-refractivity contribution is 0.432. The molecule has 0 fully saturated rings. The molecule has 2 rings (SSSR count). The SMILES string of the molecule is CC(C)(C)S(=O)(=O)CCCCCCCc1ccc(-c2ccno2)cc1. The number of aromatic nitrogens is 1. The summed E-state index contributed by atoms with van der Waals surface area (Å²) >= 11 is 0. The standard InChI is InChI=1S/C20H29NO3S/c1-20(2,3)25(22,23)16-8-6-4-5-7-9-17-10-12-18(13-11-17)19-14-15-21-24-19/h10-15H,4-9,16H2,1-3H3. The van der Waals surface area contributed by atoms with Gasteiger partial charge in [0, 0.05) is 11.6 Å². The molecule has 138 valence electrons. The quantitative estimate of drug-likeness (QED) is 0.585. The van der Waals surface area contributed by atoms with Crippen LogP contribution in [0.4, 0.5) is 0 Å². The van der Waals surface area contributed by atoms with E-state index in [0.29, 0.717) is 5.75 Å². The number of nitrogens with zero attached hydrogens (tertiary/aromatic N) is 1. The first-order valence-corrected chi connectivity index (χ1v) is 10.7. The first-order chi connectivity index (χ1) is 11.8. The Hall–Kier alpha value is -1.62. The lowest BCUT2D eigenvalue weighted by Crippen LogP contribution is -2.30. The Balaban J connectivity index is 1.62. The summed E-state index contributed by atoms with van der Waals surface area (Å²) in [6, 6.07) is 10.2. The summed E-state index contributed by atoms with van der Waals surface area (Å²) in [5.41, 5.74) is 2.36. The van der Waals surface area contributed by atoms with Crippen LogP contribution in [0, 0.1) is 0 Å². The maximum absolute atomic E-state index is 12.0. The highest BCUT2D eigenvalue weighted by atomic mass is 32.2. The van der Waals surface area contributed by atoms with Crippen LogP contribution >= 0.6 is 0 Å². The Morgan fingerprint density at radius 1 is 0.920 bits per heavy atom. The van der Waals surface area contributed by atoms with Crippen LogP contribution in [0.25, 0.3) is 11.3 Å². The zero-order valence-corrected chi connectivity index (χ0v) is 16.3. The van der Waals surface area contributed by atoms with Crippen molar-refractivity contribution >= 4 is 9.84 Å². The lowest BCUT2D eigenvalue weighted by atomic mass is 10.0. The van der Waals surface area contributed by atoms with E-state index in [0.717, 1.165) is 49.8 Å². The van der Waals surface area contributed by atoms with Gasteiger partial charge in [-0.3, -0.25) is 0 Å². The van der Waals surface area contributed by atoms with Crippen molar-refractivity contribution in [1.29, 1.82) is 0 Å². The van der Waals surface area contributed by atoms with E-state index in [9.17, 15) is 8.42 Å². The van der Waals surface area contributed by atoms with Gasteiger partial charge in [0.25, 0.3) is 0 Å². The molecule has 1 aromatic heterocycles. The highest BCUT2D eigenvalue weighted by Gasteiger charge is 2.27. The van der Waals surface area contributed by atoms with Gasteiger partial charge in [0.1, 0.15) is 0 Å². The van der Waals surface area contributed by atoms with E-state index in [1.807, 2.05) is 6.07 Å². The molecule has 0 bridgehead atoms. The van der Waals surface area contributed by atoms with E-state index in [1.54, 1.807) is 27.0 Å². The Labute approximate surface area is 151 Å². The maximum atomic E-state index is 12.0. The number of sulfone groups is 1. The van der Waals surface area contributed by atoms with E-state index >= 15 is 0 Å². The van der Waals surface area contributed by atoms with Crippen molar-refractivity contribution in [3.05, 3.63) is 42.1 Å². The molecule has 0 radical (unpaired) electrons. The fourth-order valence-electron chi connectivity index (χ4n) is 2.66. The average molecular weight is 364 g/mol. The summed E-state index contributed by atoms with van der Waals surface area (Å²) in [6.45, 7) is 5.32. The van der Waals surface area contributed by atoms with E-state index in [1.165, 1.54) is 5.56 Å². The summed E-state index contributed by atoms with van der Waals surface area (Å²) < 4.78 is 28.6. The molecule has 0 amide bonds. The van der Waals surface area contributed by atoms with Crippen molar-refractivity contribution in [3.8, 4) is 11.3 Å². The highest BCUT2D eigenvalue weighted by Crippen LogP contribution is 2.20. The molecule has 0 saturated heterocycles. The summed E-state index contributed by atoms with van der Waals surface area (Å²) in [6.07, 6.45) is 7.82. The number of rotatable bonds is 9. The van der Waals surface area contributed by atoms with Crippen LogP contribution in [-0.4, -0.2) is 24.1 Å². The molecule has 0 aliphatic carbocycles. The number of unbranched alkanes of at least 4 members (excludes halogenated alkanes) is 4. The Kier molecular flexibility index (Phi) is 6.82. The van der Waals surface area contributed by atoms with Crippen molar-refractivity contribution in [1.82, 2.24) is 5.16 Å². The van der Waals surface area contributed by atoms with Gasteiger partial charge in [-0.2, -0.15) is 0 Å². The molecule has 0 aliphatic rings. The predicted molar refractivity (Wildman–Crippen MR) is 102 cm³/mol. The first kappa shape index (κ1) is 19.7. The molecule has 0 N–H and O–H groups in total. The van der Waals surface area contributed by atoms with Gasteiger partial charge in [-0.1, -0.05) is 48.7 Å². The molecule has 25 heavy (non-hydrogen) atoms. The van der Waals surface area contributed by atoms with E-state index in [2.05, 4.69) is 29.4 Å². The fraction of sp³-hybridized carbons (Fsp3) is 0.550. The number of benzene rings is 1. The summed E-state index contributed by atoms with van der Waals surface area (Å²) in [5.74, 6) is 1.09. The highest BCUT2D eigenvalue weighted by molar-refractivity contribution is 7.92. The molecule has 1 aromatic carbocycles. The normalized spacial score (nSPS) is 12.4. The second-order valence-corrected chi connectivity index (χ2v) is 10.4. The van der Waals surface area contributed by atoms with Gasteiger partial charge < -0.3 is 4.52 Å². The van der Waals surface area contributed by atoms with E-state index in [4.69, 9.17) is 4.52 Å². The van der Waals surface area contributed by atoms with Crippen LogP contribution in [-0.2, 0) is 16.3 Å². The van der Waals surface area contributed by atoms with Gasteiger partial charge in [0.15, 0.2) is 15.6 Å². The monoisotopic (exact) mass is 363 g/mol. The summed E-state index contributed by atoms with van der Waals surface area (Å²) in [7, 11) is -2.97. The molecule has 0 unspecified atom stereocenters. The van der Waals surface area contributed by atoms with Gasteiger partial charge in [0.2, 0.25) is 0 Å². The minimum atomic E-state index is -2.97. The van der Waals surface area contributed by atoms with Crippen molar-refractivity contribution in [2.45, 2.75) is 64.0 Å². The van der Waals surface area contributed by atoms with Gasteiger partial charge in [-0.05, 0) is 45.6 Å². The number of aryl methyl sites for hydroxylation is 1. The first-order valence-electron chi connectivity index (χ1n) is 9.02. The van der Waals surface area contributed by atoms with Gasteiger partial charge in [-0.15, -0.1) is 0 Å². The summed E-state index contributed by atoms with van der Waals surface area (Å²) in [4.78, 5) is 0. The van der Waals surface area contributed by atoms with Gasteiger partial charge in [0.05, 0.1) is 16.7 Å². The van der Waals surface area contributed by atoms with Crippen LogP contribution in [0.15, 0.2) is 41.1 Å². The largest absolute Gasteiger partial charge is 0.356 e. The zero-order chi connectivity index (χ0) is 18.3. The average Bonchev–Trinajstić information content (AvgIpc) is 3.08. The maximum Gasteiger partial charge on any atom is 0.166 e. The van der Waals surface area contributed by atoms with Crippen molar-refractivity contribution in [3.63, 3.8) is 0 Å². The molecule has 2 aromatic rings. The van der Waals surface area contributed by atoms with E-state index < -0.39 is 14.6 Å². The fourth-order valence-corrected chi connectivity index (χ4v) is 3.85. The number of hydrogen-bond acceptors (Lipinski definition) is 4. The van der Waals surface area contributed by atoms with Crippen LogP contribution < -0.4 is 0 Å². The topological polar surface area (TPSA) is 60.2 Å². The molecular weight excluding hydrogens is 334 g/mol. The third-order valence-electron chi connectivity index (χ3n) is 4.49. The Bertz CT molecular complexity index is 726. The zero-order valence-electron chi connectivity index (χ0n) is 15.5. The van der Waals surface area contributed by atoms with Crippen LogP contribution in [0.5, 0.6) is 0 Å². The van der Waals surface area contributed by atoms with Gasteiger partial charge >= 0.3 is 0 Å². The van der Waals surface area contributed by atoms with Crippen molar-refractivity contribution in [2.75, 3.05) is 5.75 Å². The lowest BCUT2D eigenvalue weighted by Gasteiger charge is -2.18. The second kappa shape index (κ2) is 8.65. The second-order valence-electron chi connectivity index (χ2n) is 7.52. The smallest absolute Gasteiger partial charge is 0.166 e. The molecule has 4 nitrogen and oxygen atoms in total. The van der Waals surface area contributed by atoms with Crippen LogP contribution in [0.3, 0.4) is 0 Å². The molecule has 5 heteroatoms. The Morgan fingerprint density at radius 3 is 2.16 bits per heavy atom. The third-order valence-corrected chi connectivity index (χ3v) is 7.18. The van der Waals surface area contributed by atoms with Crippen LogP contribution in [0.2, 0.25) is 0 Å². The molecule has 0 atom stereocenters. The van der Waals surface area contributed by atoms with Crippen molar-refractivity contribution < 1.29 is 12.9 Å². The Morgan fingerprint density at radius 2 is 1.56 bits per heavy atom. The number of hydrogen-bond donors (Lipinski definition) is 0. The van der Waals surface area contributed by atoms with Crippen molar-refractivity contribution in [2.24, 2.45) is 0 Å². The molecule has 0 saturated carbocycles. The summed E-state index contributed by atoms with van der Waals surface area (Å²) in [5, 5.41) is 3.72. The molecule has 1 heterocycles.